The van der Waals surface area contributed by atoms with Crippen molar-refractivity contribution in [3.63, 3.8) is 0 Å². The third-order valence-corrected chi connectivity index (χ3v) is 3.58. The largest absolute Gasteiger partial charge is 0.485 e. The highest BCUT2D eigenvalue weighted by Crippen LogP contribution is 2.26. The monoisotopic (exact) mass is 290 g/mol. The van der Waals surface area contributed by atoms with E-state index >= 15 is 0 Å². The molecule has 0 atom stereocenters. The van der Waals surface area contributed by atoms with Crippen molar-refractivity contribution in [1.82, 2.24) is 0 Å². The number of rotatable bonds is 6. The fourth-order valence-corrected chi connectivity index (χ4v) is 2.34. The number of benzene rings is 2. The van der Waals surface area contributed by atoms with E-state index in [1.807, 2.05) is 30.5 Å². The summed E-state index contributed by atoms with van der Waals surface area (Å²) in [7, 11) is 0. The first-order valence-electron chi connectivity index (χ1n) is 6.21. The van der Waals surface area contributed by atoms with Gasteiger partial charge in [-0.1, -0.05) is 30.3 Å². The first-order valence-corrected chi connectivity index (χ1v) is 7.44. The minimum Gasteiger partial charge on any atom is -0.485 e. The molecule has 0 bridgehead atoms. The number of carbonyl (C=O) groups excluding carboxylic acids is 1. The Morgan fingerprint density at radius 2 is 1.85 bits per heavy atom. The molecule has 2 aromatic carbocycles. The van der Waals surface area contributed by atoms with E-state index in [-0.39, 0.29) is 24.6 Å². The predicted molar refractivity (Wildman–Crippen MR) is 78.8 cm³/mol. The molecular weight excluding hydrogens is 275 g/mol. The molecule has 0 amide bonds. The Morgan fingerprint density at radius 3 is 2.60 bits per heavy atom. The first kappa shape index (κ1) is 14.6. The van der Waals surface area contributed by atoms with Crippen molar-refractivity contribution in [3.8, 4) is 5.75 Å². The highest BCUT2D eigenvalue weighted by Gasteiger charge is 2.09. The molecule has 0 radical (unpaired) electrons. The van der Waals surface area contributed by atoms with Gasteiger partial charge in [0.1, 0.15) is 18.2 Å². The van der Waals surface area contributed by atoms with Crippen LogP contribution in [0.2, 0.25) is 0 Å². The molecular formula is C16H15FO2S. The number of ketones is 1. The van der Waals surface area contributed by atoms with Crippen molar-refractivity contribution in [2.24, 2.45) is 0 Å². The predicted octanol–water partition coefficient (Wildman–Crippen LogP) is 3.74. The lowest BCUT2D eigenvalue weighted by molar-refractivity contribution is -0.120. The van der Waals surface area contributed by atoms with Gasteiger partial charge in [-0.15, -0.1) is 11.8 Å². The van der Waals surface area contributed by atoms with Gasteiger partial charge in [-0.05, 0) is 30.0 Å². The topological polar surface area (TPSA) is 26.3 Å². The zero-order valence-electron chi connectivity index (χ0n) is 11.1. The Bertz CT molecular complexity index is 599. The zero-order chi connectivity index (χ0) is 14.4. The van der Waals surface area contributed by atoms with Gasteiger partial charge in [-0.25, -0.2) is 4.39 Å². The Labute approximate surface area is 122 Å². The summed E-state index contributed by atoms with van der Waals surface area (Å²) in [4.78, 5) is 12.8. The minimum absolute atomic E-state index is 0.0497. The van der Waals surface area contributed by atoms with Gasteiger partial charge in [0.25, 0.3) is 0 Å². The van der Waals surface area contributed by atoms with E-state index in [4.69, 9.17) is 4.74 Å². The van der Waals surface area contributed by atoms with Crippen molar-refractivity contribution in [2.75, 3.05) is 12.9 Å². The summed E-state index contributed by atoms with van der Waals surface area (Å²) in [5.74, 6) is 0.179. The molecule has 0 saturated heterocycles. The summed E-state index contributed by atoms with van der Waals surface area (Å²) >= 11 is 1.56. The second-order valence-corrected chi connectivity index (χ2v) is 5.09. The van der Waals surface area contributed by atoms with Crippen LogP contribution in [0.1, 0.15) is 5.56 Å². The van der Waals surface area contributed by atoms with Crippen LogP contribution >= 0.6 is 11.8 Å². The lowest BCUT2D eigenvalue weighted by atomic mass is 10.1. The third-order valence-electron chi connectivity index (χ3n) is 2.80. The van der Waals surface area contributed by atoms with Crippen molar-refractivity contribution in [1.29, 1.82) is 0 Å². The fourth-order valence-electron chi connectivity index (χ4n) is 1.80. The molecule has 0 heterocycles. The fraction of sp³-hybridized carbons (Fsp3) is 0.188. The van der Waals surface area contributed by atoms with E-state index in [0.717, 1.165) is 4.90 Å². The SMILES string of the molecule is CSc1ccccc1OCC(=O)Cc1ccccc1F. The maximum atomic E-state index is 13.4. The standard InChI is InChI=1S/C16H15FO2S/c1-20-16-9-5-4-8-15(16)19-11-13(18)10-12-6-2-3-7-14(12)17/h2-9H,10-11H2,1H3. The van der Waals surface area contributed by atoms with Crippen LogP contribution in [-0.4, -0.2) is 18.6 Å². The summed E-state index contributed by atoms with van der Waals surface area (Å²) in [5, 5.41) is 0. The lowest BCUT2D eigenvalue weighted by Gasteiger charge is -2.09. The van der Waals surface area contributed by atoms with Crippen LogP contribution in [0.4, 0.5) is 4.39 Å². The van der Waals surface area contributed by atoms with Gasteiger partial charge in [-0.3, -0.25) is 4.79 Å². The number of hydrogen-bond acceptors (Lipinski definition) is 3. The molecule has 2 nitrogen and oxygen atoms in total. The van der Waals surface area contributed by atoms with Gasteiger partial charge in [0.15, 0.2) is 5.78 Å². The van der Waals surface area contributed by atoms with Crippen LogP contribution in [0.15, 0.2) is 53.4 Å². The number of halogens is 1. The summed E-state index contributed by atoms with van der Waals surface area (Å²) in [6.45, 7) is -0.0497. The van der Waals surface area contributed by atoms with Crippen molar-refractivity contribution >= 4 is 17.5 Å². The number of Topliss-reactive ketones (excluding diaryl/α,β-unsaturated/α-hetero) is 1. The Kier molecular flexibility index (Phi) is 5.18. The second kappa shape index (κ2) is 7.10. The molecule has 104 valence electrons. The average molecular weight is 290 g/mol. The van der Waals surface area contributed by atoms with E-state index in [1.54, 1.807) is 30.0 Å². The Balaban J connectivity index is 1.94. The van der Waals surface area contributed by atoms with Crippen LogP contribution in [0.3, 0.4) is 0 Å². The maximum Gasteiger partial charge on any atom is 0.174 e. The summed E-state index contributed by atoms with van der Waals surface area (Å²) in [6.07, 6.45) is 2.00. The van der Waals surface area contributed by atoms with Crippen LogP contribution in [0.5, 0.6) is 5.75 Å². The first-order chi connectivity index (χ1) is 9.70. The normalized spacial score (nSPS) is 10.3. The minimum atomic E-state index is -0.356. The third kappa shape index (κ3) is 3.84. The molecule has 0 spiro atoms. The summed E-state index contributed by atoms with van der Waals surface area (Å²) < 4.78 is 18.9. The average Bonchev–Trinajstić information content (AvgIpc) is 2.48. The van der Waals surface area contributed by atoms with Gasteiger partial charge in [0.05, 0.1) is 0 Å². The molecule has 0 aliphatic rings. The summed E-state index contributed by atoms with van der Waals surface area (Å²) in [6, 6.07) is 13.8. The molecule has 0 aliphatic carbocycles. The highest BCUT2D eigenvalue weighted by atomic mass is 32.2. The van der Waals surface area contributed by atoms with Gasteiger partial charge < -0.3 is 4.74 Å². The van der Waals surface area contributed by atoms with Crippen LogP contribution in [0, 0.1) is 5.82 Å². The molecule has 4 heteroatoms. The maximum absolute atomic E-state index is 13.4. The van der Waals surface area contributed by atoms with E-state index < -0.39 is 0 Å². The van der Waals surface area contributed by atoms with E-state index in [9.17, 15) is 9.18 Å². The van der Waals surface area contributed by atoms with Gasteiger partial charge in [-0.2, -0.15) is 0 Å². The molecule has 0 aromatic heterocycles. The van der Waals surface area contributed by atoms with Crippen LogP contribution in [0.25, 0.3) is 0 Å². The molecule has 0 fully saturated rings. The second-order valence-electron chi connectivity index (χ2n) is 4.25. The van der Waals surface area contributed by atoms with Crippen molar-refractivity contribution in [2.45, 2.75) is 11.3 Å². The van der Waals surface area contributed by atoms with Crippen molar-refractivity contribution in [3.05, 3.63) is 59.9 Å². The molecule has 2 aromatic rings. The van der Waals surface area contributed by atoms with Crippen LogP contribution in [-0.2, 0) is 11.2 Å². The smallest absolute Gasteiger partial charge is 0.174 e. The van der Waals surface area contributed by atoms with E-state index in [2.05, 4.69) is 0 Å². The molecule has 0 unspecified atom stereocenters. The highest BCUT2D eigenvalue weighted by molar-refractivity contribution is 7.98. The van der Waals surface area contributed by atoms with E-state index in [0.29, 0.717) is 11.3 Å². The Morgan fingerprint density at radius 1 is 1.15 bits per heavy atom. The van der Waals surface area contributed by atoms with Crippen molar-refractivity contribution < 1.29 is 13.9 Å². The van der Waals surface area contributed by atoms with Gasteiger partial charge in [0, 0.05) is 11.3 Å². The number of thioether (sulfide) groups is 1. The van der Waals surface area contributed by atoms with Gasteiger partial charge in [0.2, 0.25) is 0 Å². The zero-order valence-corrected chi connectivity index (χ0v) is 12.0. The Hall–Kier alpha value is -1.81. The summed E-state index contributed by atoms with van der Waals surface area (Å²) in [5.41, 5.74) is 0.402. The van der Waals surface area contributed by atoms with E-state index in [1.165, 1.54) is 6.07 Å². The number of hydrogen-bond donors (Lipinski definition) is 0. The lowest BCUT2D eigenvalue weighted by Crippen LogP contribution is -2.14. The molecule has 0 aliphatic heterocycles. The number of para-hydroxylation sites is 1. The quantitative estimate of drug-likeness (QED) is 0.758. The number of ether oxygens (including phenoxy) is 1. The molecule has 20 heavy (non-hydrogen) atoms. The number of carbonyl (C=O) groups is 1. The molecule has 2 rings (SSSR count). The van der Waals surface area contributed by atoms with Gasteiger partial charge >= 0.3 is 0 Å². The molecule has 0 N–H and O–H groups in total. The molecule has 0 saturated carbocycles. The van der Waals surface area contributed by atoms with Crippen LogP contribution < -0.4 is 4.74 Å².